The second kappa shape index (κ2) is 16.4. The normalized spacial score (nSPS) is 32.9. The molecule has 0 unspecified atom stereocenters. The van der Waals surface area contributed by atoms with Crippen LogP contribution in [0.25, 0.3) is 0 Å². The maximum absolute atomic E-state index is 12.7. The second-order valence-corrected chi connectivity index (χ2v) is 14.2. The van der Waals surface area contributed by atoms with Crippen molar-refractivity contribution in [3.8, 4) is 0 Å². The molecule has 5 aliphatic heterocycles. The predicted molar refractivity (Wildman–Crippen MR) is 176 cm³/mol. The molecule has 0 radical (unpaired) electrons. The Morgan fingerprint density at radius 3 is 2.45 bits per heavy atom. The number of carbonyl (C=O) groups excluding carboxylic acids is 5. The van der Waals surface area contributed by atoms with E-state index in [1.165, 1.54) is 6.08 Å². The van der Waals surface area contributed by atoms with Crippen LogP contribution in [0.3, 0.4) is 0 Å². The van der Waals surface area contributed by atoms with Crippen LogP contribution in [0.1, 0.15) is 91.9 Å². The van der Waals surface area contributed by atoms with Gasteiger partial charge in [0.25, 0.3) is 11.8 Å². The van der Waals surface area contributed by atoms with Gasteiger partial charge in [0.2, 0.25) is 5.91 Å². The zero-order chi connectivity index (χ0) is 35.1. The zero-order valence-electron chi connectivity index (χ0n) is 29.1. The van der Waals surface area contributed by atoms with Gasteiger partial charge in [0, 0.05) is 44.8 Å². The number of ether oxygens (including phenoxy) is 4. The van der Waals surface area contributed by atoms with Crippen LogP contribution < -0.4 is 5.32 Å². The Hall–Kier alpha value is -3.55. The third-order valence-electron chi connectivity index (χ3n) is 9.90. The number of allylic oxidation sites excluding steroid dienone is 2. The van der Waals surface area contributed by atoms with Crippen molar-refractivity contribution in [3.63, 3.8) is 0 Å². The van der Waals surface area contributed by atoms with Crippen LogP contribution in [0.15, 0.2) is 36.0 Å². The molecule has 0 aromatic heterocycles. The molecule has 5 heterocycles. The van der Waals surface area contributed by atoms with Crippen LogP contribution in [-0.4, -0.2) is 102 Å². The van der Waals surface area contributed by atoms with Crippen LogP contribution in [0.4, 0.5) is 4.79 Å². The van der Waals surface area contributed by atoms with Crippen molar-refractivity contribution in [1.29, 1.82) is 0 Å². The first-order chi connectivity index (χ1) is 23.4. The van der Waals surface area contributed by atoms with Crippen molar-refractivity contribution < 1.29 is 47.8 Å². The second-order valence-electron chi connectivity index (χ2n) is 14.2. The molecule has 5 rings (SSSR count). The highest BCUT2D eigenvalue weighted by atomic mass is 16.7. The van der Waals surface area contributed by atoms with E-state index < -0.39 is 30.0 Å². The van der Waals surface area contributed by atoms with E-state index in [0.29, 0.717) is 44.0 Å². The number of amides is 4. The number of epoxide rings is 1. The van der Waals surface area contributed by atoms with E-state index in [9.17, 15) is 24.0 Å². The monoisotopic (exact) mass is 685 g/mol. The van der Waals surface area contributed by atoms with Crippen LogP contribution in [-0.2, 0) is 43.0 Å². The first-order valence-corrected chi connectivity index (χ1v) is 17.7. The molecule has 0 saturated carbocycles. The number of nitrogens with one attached hydrogen (secondary N) is 1. The Labute approximate surface area is 288 Å². The number of nitrogens with zero attached hydrogens (tertiary/aromatic N) is 2. The van der Waals surface area contributed by atoms with Crippen molar-refractivity contribution in [2.45, 2.75) is 134 Å². The van der Waals surface area contributed by atoms with Crippen LogP contribution in [0.2, 0.25) is 0 Å². The van der Waals surface area contributed by atoms with Crippen molar-refractivity contribution >= 4 is 29.8 Å². The molecule has 0 aromatic rings. The van der Waals surface area contributed by atoms with Gasteiger partial charge < -0.3 is 34.0 Å². The van der Waals surface area contributed by atoms with E-state index in [0.717, 1.165) is 31.3 Å². The van der Waals surface area contributed by atoms with Crippen molar-refractivity contribution in [3.05, 3.63) is 36.0 Å². The van der Waals surface area contributed by atoms with Gasteiger partial charge in [0.05, 0.1) is 49.1 Å². The standard InChI is InChI=1S/C36H51N3O10/c1-23(8-11-27-20-36(22-45-36)21-28(48-27)19-34(43)49-39-32(41)14-15-33(39)42)9-12-30-24(2)18-29(26(4)47-30)37-31(40)13-10-25(3)46-35(44)38-16-6-5-7-17-38/h8-11,13,24-30H,5-7,12,14-22H2,1-4H3,(H,37,40)/b11-8+,13-10-,23-9+/t24-,25-,26+,27+,28+,29+,30-,36+/m0/s1. The number of hydrogen-bond acceptors (Lipinski definition) is 10. The van der Waals surface area contributed by atoms with Gasteiger partial charge in [-0.3, -0.25) is 14.4 Å². The Morgan fingerprint density at radius 1 is 1.04 bits per heavy atom. The highest BCUT2D eigenvalue weighted by Gasteiger charge is 2.51. The summed E-state index contributed by atoms with van der Waals surface area (Å²) >= 11 is 0. The molecule has 4 amide bonds. The van der Waals surface area contributed by atoms with E-state index in [2.05, 4.69) is 18.3 Å². The van der Waals surface area contributed by atoms with Crippen LogP contribution in [0, 0.1) is 5.92 Å². The van der Waals surface area contributed by atoms with E-state index in [1.807, 2.05) is 26.0 Å². The summed E-state index contributed by atoms with van der Waals surface area (Å²) in [5.74, 6) is -1.73. The summed E-state index contributed by atoms with van der Waals surface area (Å²) in [6, 6.07) is -0.137. The van der Waals surface area contributed by atoms with Crippen LogP contribution >= 0.6 is 0 Å². The van der Waals surface area contributed by atoms with Gasteiger partial charge in [0.15, 0.2) is 0 Å². The van der Waals surface area contributed by atoms with E-state index in [-0.39, 0.29) is 67.1 Å². The number of hydroxylamine groups is 2. The maximum atomic E-state index is 12.7. The fourth-order valence-corrected chi connectivity index (χ4v) is 6.91. The minimum absolute atomic E-state index is 0.00454. The maximum Gasteiger partial charge on any atom is 0.410 e. The molecule has 13 heteroatoms. The van der Waals surface area contributed by atoms with E-state index >= 15 is 0 Å². The van der Waals surface area contributed by atoms with Gasteiger partial charge in [-0.1, -0.05) is 30.7 Å². The molecule has 0 aromatic carbocycles. The van der Waals surface area contributed by atoms with E-state index in [4.69, 9.17) is 23.8 Å². The third kappa shape index (κ3) is 10.5. The summed E-state index contributed by atoms with van der Waals surface area (Å²) in [6.07, 6.45) is 13.2. The van der Waals surface area contributed by atoms with E-state index in [1.54, 1.807) is 17.9 Å². The fraction of sp³-hybridized carbons (Fsp3) is 0.694. The van der Waals surface area contributed by atoms with Gasteiger partial charge in [-0.15, -0.1) is 5.06 Å². The average Bonchev–Trinajstić information content (AvgIpc) is 3.73. The number of likely N-dealkylation sites (tertiary alicyclic amines) is 1. The molecule has 0 bridgehead atoms. The minimum atomic E-state index is -0.681. The summed E-state index contributed by atoms with van der Waals surface area (Å²) < 4.78 is 23.7. The molecule has 5 saturated heterocycles. The zero-order valence-corrected chi connectivity index (χ0v) is 29.1. The first-order valence-electron chi connectivity index (χ1n) is 17.7. The summed E-state index contributed by atoms with van der Waals surface area (Å²) in [4.78, 5) is 67.8. The number of hydrogen-bond donors (Lipinski definition) is 1. The molecule has 5 aliphatic rings. The summed E-state index contributed by atoms with van der Waals surface area (Å²) in [5.41, 5.74) is 0.720. The molecular formula is C36H51N3O10. The van der Waals surface area contributed by atoms with Gasteiger partial charge in [0.1, 0.15) is 6.10 Å². The molecule has 13 nitrogen and oxygen atoms in total. The Kier molecular flexibility index (Phi) is 12.3. The van der Waals surface area contributed by atoms with Crippen molar-refractivity contribution in [2.24, 2.45) is 5.92 Å². The fourth-order valence-electron chi connectivity index (χ4n) is 6.91. The number of piperidine rings is 1. The molecule has 49 heavy (non-hydrogen) atoms. The van der Waals surface area contributed by atoms with Gasteiger partial charge in [-0.25, -0.2) is 9.59 Å². The molecule has 270 valence electrons. The molecule has 1 N–H and O–H groups in total. The van der Waals surface area contributed by atoms with Gasteiger partial charge in [-0.2, -0.15) is 0 Å². The lowest BCUT2D eigenvalue weighted by atomic mass is 9.88. The first kappa shape index (κ1) is 36.7. The molecule has 0 aliphatic carbocycles. The minimum Gasteiger partial charge on any atom is -0.442 e. The summed E-state index contributed by atoms with van der Waals surface area (Å²) in [6.45, 7) is 9.88. The number of carbonyl (C=O) groups is 5. The van der Waals surface area contributed by atoms with Gasteiger partial charge >= 0.3 is 12.1 Å². The predicted octanol–water partition coefficient (Wildman–Crippen LogP) is 4.06. The Morgan fingerprint density at radius 2 is 1.76 bits per heavy atom. The topological polar surface area (TPSA) is 153 Å². The highest BCUT2D eigenvalue weighted by Crippen LogP contribution is 2.43. The number of imide groups is 1. The highest BCUT2D eigenvalue weighted by molar-refractivity contribution is 6.01. The van der Waals surface area contributed by atoms with Crippen molar-refractivity contribution in [2.75, 3.05) is 19.7 Å². The average molecular weight is 686 g/mol. The SMILES string of the molecule is CC(/C=C/[C@@H]1C[C@]2(CO2)C[C@@H](CC(=O)ON2C(=O)CCC2=O)O1)=C\C[C@@H]1O[C@H](C)[C@H](NC(=O)/C=C\[C@H](C)OC(=O)N2CCCCC2)C[C@@H]1C. The lowest BCUT2D eigenvalue weighted by molar-refractivity contribution is -0.200. The third-order valence-corrected chi connectivity index (χ3v) is 9.90. The largest absolute Gasteiger partial charge is 0.442 e. The smallest absolute Gasteiger partial charge is 0.410 e. The summed E-state index contributed by atoms with van der Waals surface area (Å²) in [5, 5.41) is 3.61. The van der Waals surface area contributed by atoms with Crippen LogP contribution in [0.5, 0.6) is 0 Å². The van der Waals surface area contributed by atoms with Gasteiger partial charge in [-0.05, 0) is 64.9 Å². The Bertz CT molecular complexity index is 1320. The lowest BCUT2D eigenvalue weighted by Crippen LogP contribution is -2.50. The lowest BCUT2D eigenvalue weighted by Gasteiger charge is -2.39. The molecule has 1 spiro atoms. The molecule has 8 atom stereocenters. The quantitative estimate of drug-likeness (QED) is 0.146. The molecular weight excluding hydrogens is 634 g/mol. The molecule has 5 fully saturated rings. The number of rotatable bonds is 11. The van der Waals surface area contributed by atoms with Crippen molar-refractivity contribution in [1.82, 2.24) is 15.3 Å². The summed E-state index contributed by atoms with van der Waals surface area (Å²) in [7, 11) is 0. The Balaban J connectivity index is 1.04.